The van der Waals surface area contributed by atoms with Crippen LogP contribution in [-0.2, 0) is 6.54 Å². The van der Waals surface area contributed by atoms with Gasteiger partial charge in [0.25, 0.3) is 0 Å². The number of hydrogen-bond acceptors (Lipinski definition) is 3. The fraction of sp³-hybridized carbons (Fsp3) is 0.533. The molecule has 100 valence electrons. The number of halogens is 1. The first-order valence-corrected chi connectivity index (χ1v) is 6.87. The third kappa shape index (κ3) is 2.36. The van der Waals surface area contributed by atoms with Crippen molar-refractivity contribution in [1.82, 2.24) is 4.90 Å². The number of nitrogens with zero attached hydrogens (tertiary/aromatic N) is 2. The molecule has 2 fully saturated rings. The third-order valence-electron chi connectivity index (χ3n) is 4.45. The average molecular weight is 259 g/mol. The molecule has 2 aliphatic rings. The van der Waals surface area contributed by atoms with Crippen molar-refractivity contribution < 1.29 is 4.39 Å². The molecule has 2 atom stereocenters. The van der Waals surface area contributed by atoms with Crippen LogP contribution in [0.3, 0.4) is 0 Å². The first-order chi connectivity index (χ1) is 9.17. The van der Waals surface area contributed by atoms with Crippen molar-refractivity contribution in [3.05, 3.63) is 35.1 Å². The van der Waals surface area contributed by atoms with Crippen LogP contribution < -0.4 is 5.73 Å². The van der Waals surface area contributed by atoms with Crippen LogP contribution in [0, 0.1) is 17.1 Å². The summed E-state index contributed by atoms with van der Waals surface area (Å²) in [4.78, 5) is 2.38. The Hall–Kier alpha value is -1.44. The van der Waals surface area contributed by atoms with Gasteiger partial charge in [0.05, 0.1) is 11.6 Å². The van der Waals surface area contributed by atoms with Gasteiger partial charge in [0.2, 0.25) is 0 Å². The Morgan fingerprint density at radius 1 is 1.32 bits per heavy atom. The molecule has 0 spiro atoms. The molecule has 2 saturated heterocycles. The topological polar surface area (TPSA) is 53.0 Å². The van der Waals surface area contributed by atoms with Crippen molar-refractivity contribution in [1.29, 1.82) is 5.26 Å². The van der Waals surface area contributed by atoms with Gasteiger partial charge in [-0.2, -0.15) is 5.26 Å². The second-order valence-corrected chi connectivity index (χ2v) is 5.71. The van der Waals surface area contributed by atoms with Crippen molar-refractivity contribution in [2.45, 2.75) is 50.4 Å². The van der Waals surface area contributed by atoms with Crippen molar-refractivity contribution >= 4 is 0 Å². The summed E-state index contributed by atoms with van der Waals surface area (Å²) in [5.74, 6) is -0.215. The third-order valence-corrected chi connectivity index (χ3v) is 4.45. The van der Waals surface area contributed by atoms with E-state index in [4.69, 9.17) is 11.0 Å². The Labute approximate surface area is 112 Å². The largest absolute Gasteiger partial charge is 0.328 e. The number of fused-ring (bicyclic) bond motifs is 2. The van der Waals surface area contributed by atoms with E-state index in [2.05, 4.69) is 11.0 Å². The Kier molecular flexibility index (Phi) is 3.26. The number of piperidine rings is 1. The summed E-state index contributed by atoms with van der Waals surface area (Å²) in [7, 11) is 0. The van der Waals surface area contributed by atoms with Gasteiger partial charge in [-0.05, 0) is 43.9 Å². The van der Waals surface area contributed by atoms with Crippen LogP contribution in [0.2, 0.25) is 0 Å². The highest BCUT2D eigenvalue weighted by Crippen LogP contribution is 2.36. The van der Waals surface area contributed by atoms with Gasteiger partial charge in [0.15, 0.2) is 0 Å². The van der Waals surface area contributed by atoms with Gasteiger partial charge >= 0.3 is 0 Å². The van der Waals surface area contributed by atoms with E-state index < -0.39 is 0 Å². The average Bonchev–Trinajstić information content (AvgIpc) is 2.64. The predicted molar refractivity (Wildman–Crippen MR) is 70.7 cm³/mol. The lowest BCUT2D eigenvalue weighted by molar-refractivity contribution is 0.118. The zero-order valence-corrected chi connectivity index (χ0v) is 10.8. The standard InChI is InChI=1S/C15H18FN3/c16-15-4-1-10(8-17)5-11(15)9-19-13-2-3-14(19)7-12(18)6-13/h1,4-5,12-14H,2-3,6-7,9,18H2. The molecule has 4 heteroatoms. The summed E-state index contributed by atoms with van der Waals surface area (Å²) in [6.45, 7) is 0.601. The molecule has 2 heterocycles. The summed E-state index contributed by atoms with van der Waals surface area (Å²) in [5, 5.41) is 8.91. The summed E-state index contributed by atoms with van der Waals surface area (Å²) in [6.07, 6.45) is 4.35. The Bertz CT molecular complexity index is 509. The lowest BCUT2D eigenvalue weighted by Gasteiger charge is -2.37. The van der Waals surface area contributed by atoms with E-state index >= 15 is 0 Å². The van der Waals surface area contributed by atoms with Crippen molar-refractivity contribution in [2.24, 2.45) is 5.73 Å². The van der Waals surface area contributed by atoms with Crippen molar-refractivity contribution in [3.8, 4) is 6.07 Å². The Balaban J connectivity index is 1.81. The monoisotopic (exact) mass is 259 g/mol. The van der Waals surface area contributed by atoms with Crippen LogP contribution in [0.4, 0.5) is 4.39 Å². The van der Waals surface area contributed by atoms with Crippen LogP contribution >= 0.6 is 0 Å². The molecule has 0 aromatic heterocycles. The fourth-order valence-electron chi connectivity index (χ4n) is 3.54. The van der Waals surface area contributed by atoms with Gasteiger partial charge in [0, 0.05) is 30.2 Å². The summed E-state index contributed by atoms with van der Waals surface area (Å²) >= 11 is 0. The van der Waals surface area contributed by atoms with Crippen molar-refractivity contribution in [2.75, 3.05) is 0 Å². The molecule has 3 nitrogen and oxygen atoms in total. The van der Waals surface area contributed by atoms with E-state index in [1.165, 1.54) is 12.1 Å². The quantitative estimate of drug-likeness (QED) is 0.885. The molecule has 2 bridgehead atoms. The minimum absolute atomic E-state index is 0.215. The summed E-state index contributed by atoms with van der Waals surface area (Å²) in [5.41, 5.74) is 7.20. The van der Waals surface area contributed by atoms with Gasteiger partial charge in [-0.1, -0.05) is 0 Å². The Morgan fingerprint density at radius 3 is 2.63 bits per heavy atom. The SMILES string of the molecule is N#Cc1ccc(F)c(CN2C3CCC2CC(N)C3)c1. The molecular formula is C15H18FN3. The van der Waals surface area contributed by atoms with Gasteiger partial charge in [-0.25, -0.2) is 4.39 Å². The molecule has 0 saturated carbocycles. The van der Waals surface area contributed by atoms with Gasteiger partial charge in [0.1, 0.15) is 5.82 Å². The lowest BCUT2D eigenvalue weighted by Crippen LogP contribution is -2.46. The molecule has 0 radical (unpaired) electrons. The van der Waals surface area contributed by atoms with Gasteiger partial charge in [-0.3, -0.25) is 4.90 Å². The summed E-state index contributed by atoms with van der Waals surface area (Å²) in [6, 6.07) is 7.93. The molecule has 0 aliphatic carbocycles. The highest BCUT2D eigenvalue weighted by atomic mass is 19.1. The van der Waals surface area contributed by atoms with Crippen LogP contribution in [0.5, 0.6) is 0 Å². The predicted octanol–water partition coefficient (Wildman–Crippen LogP) is 2.15. The molecule has 2 N–H and O–H groups in total. The van der Waals surface area contributed by atoms with Crippen LogP contribution in [0.1, 0.15) is 36.8 Å². The molecule has 19 heavy (non-hydrogen) atoms. The molecular weight excluding hydrogens is 241 g/mol. The molecule has 2 aliphatic heterocycles. The second-order valence-electron chi connectivity index (χ2n) is 5.71. The van der Waals surface area contributed by atoms with E-state index in [0.717, 1.165) is 25.7 Å². The highest BCUT2D eigenvalue weighted by molar-refractivity contribution is 5.33. The van der Waals surface area contributed by atoms with E-state index in [1.807, 2.05) is 0 Å². The minimum atomic E-state index is -0.215. The number of nitrogens with two attached hydrogens (primary N) is 1. The zero-order chi connectivity index (χ0) is 13.4. The number of benzene rings is 1. The van der Waals surface area contributed by atoms with E-state index in [-0.39, 0.29) is 5.82 Å². The number of nitriles is 1. The first-order valence-electron chi connectivity index (χ1n) is 6.87. The summed E-state index contributed by atoms with van der Waals surface area (Å²) < 4.78 is 13.9. The maximum absolute atomic E-state index is 13.9. The Morgan fingerprint density at radius 2 is 2.00 bits per heavy atom. The fourth-order valence-corrected chi connectivity index (χ4v) is 3.54. The molecule has 0 amide bonds. The number of rotatable bonds is 2. The van der Waals surface area contributed by atoms with E-state index in [0.29, 0.717) is 35.8 Å². The first kappa shape index (κ1) is 12.6. The van der Waals surface area contributed by atoms with Crippen molar-refractivity contribution in [3.63, 3.8) is 0 Å². The van der Waals surface area contributed by atoms with Gasteiger partial charge < -0.3 is 5.73 Å². The highest BCUT2D eigenvalue weighted by Gasteiger charge is 2.39. The number of hydrogen-bond donors (Lipinski definition) is 1. The van der Waals surface area contributed by atoms with Crippen LogP contribution in [-0.4, -0.2) is 23.0 Å². The second kappa shape index (κ2) is 4.92. The molecule has 3 rings (SSSR count). The van der Waals surface area contributed by atoms with Crippen LogP contribution in [0.15, 0.2) is 18.2 Å². The lowest BCUT2D eigenvalue weighted by atomic mass is 9.97. The normalized spacial score (nSPS) is 30.3. The molecule has 1 aromatic carbocycles. The van der Waals surface area contributed by atoms with E-state index in [1.54, 1.807) is 6.07 Å². The maximum Gasteiger partial charge on any atom is 0.127 e. The van der Waals surface area contributed by atoms with Gasteiger partial charge in [-0.15, -0.1) is 0 Å². The smallest absolute Gasteiger partial charge is 0.127 e. The minimum Gasteiger partial charge on any atom is -0.328 e. The molecule has 2 unspecified atom stereocenters. The zero-order valence-electron chi connectivity index (χ0n) is 10.8. The maximum atomic E-state index is 13.9. The molecule has 1 aromatic rings. The van der Waals surface area contributed by atoms with E-state index in [9.17, 15) is 4.39 Å². The van der Waals surface area contributed by atoms with Crippen LogP contribution in [0.25, 0.3) is 0 Å².